The molecule has 1 aliphatic rings. The third-order valence-corrected chi connectivity index (χ3v) is 3.06. The predicted molar refractivity (Wildman–Crippen MR) is 62.7 cm³/mol. The molecule has 1 aliphatic heterocycles. The number of nitrogens with zero attached hydrogens (tertiary/aromatic N) is 1. The van der Waals surface area contributed by atoms with Gasteiger partial charge in [-0.15, -0.1) is 0 Å². The largest absolute Gasteiger partial charge is 0.480 e. The van der Waals surface area contributed by atoms with Crippen molar-refractivity contribution < 1.29 is 24.2 Å². The highest BCUT2D eigenvalue weighted by molar-refractivity contribution is 5.90. The molecule has 0 aromatic carbocycles. The summed E-state index contributed by atoms with van der Waals surface area (Å²) in [5, 5.41) is 9.26. The van der Waals surface area contributed by atoms with Gasteiger partial charge in [0.15, 0.2) is 0 Å². The van der Waals surface area contributed by atoms with E-state index >= 15 is 0 Å². The molecule has 0 bridgehead atoms. The number of hydrogen-bond donors (Lipinski definition) is 1. The number of ether oxygens (including phenoxy) is 1. The maximum atomic E-state index is 11.9. The van der Waals surface area contributed by atoms with Gasteiger partial charge in [0.1, 0.15) is 6.04 Å². The first-order valence-electron chi connectivity index (χ1n) is 5.78. The molecule has 2 unspecified atom stereocenters. The van der Waals surface area contributed by atoms with Gasteiger partial charge in [0.05, 0.1) is 13.0 Å². The van der Waals surface area contributed by atoms with Crippen LogP contribution in [-0.4, -0.2) is 47.5 Å². The van der Waals surface area contributed by atoms with E-state index in [1.54, 1.807) is 20.8 Å². The Morgan fingerprint density at radius 1 is 1.44 bits per heavy atom. The van der Waals surface area contributed by atoms with E-state index in [-0.39, 0.29) is 18.9 Å². The molecule has 0 aromatic heterocycles. The molecule has 18 heavy (non-hydrogen) atoms. The third-order valence-electron chi connectivity index (χ3n) is 3.06. The molecule has 1 heterocycles. The van der Waals surface area contributed by atoms with Crippen molar-refractivity contribution in [2.75, 3.05) is 13.7 Å². The Kier molecular flexibility index (Phi) is 3.98. The van der Waals surface area contributed by atoms with Crippen LogP contribution >= 0.6 is 0 Å². The Hall–Kier alpha value is -1.59. The summed E-state index contributed by atoms with van der Waals surface area (Å²) in [5.74, 6) is -2.40. The summed E-state index contributed by atoms with van der Waals surface area (Å²) in [7, 11) is 1.26. The molecule has 1 rings (SSSR count). The van der Waals surface area contributed by atoms with Crippen molar-refractivity contribution in [3.8, 4) is 0 Å². The van der Waals surface area contributed by atoms with Crippen LogP contribution in [0, 0.1) is 11.3 Å². The SMILES string of the molecule is COC(=O)C1CC(=O)N(C(C(=O)O)C(C)(C)C)C1. The molecule has 1 amide bonds. The van der Waals surface area contributed by atoms with Crippen LogP contribution in [0.5, 0.6) is 0 Å². The number of carbonyl (C=O) groups is 3. The van der Waals surface area contributed by atoms with E-state index < -0.39 is 29.3 Å². The number of aliphatic carboxylic acids is 1. The lowest BCUT2D eigenvalue weighted by Gasteiger charge is -2.34. The minimum absolute atomic E-state index is 0.0204. The number of carboxylic acid groups (broad SMARTS) is 1. The van der Waals surface area contributed by atoms with E-state index in [0.29, 0.717) is 0 Å². The number of methoxy groups -OCH3 is 1. The van der Waals surface area contributed by atoms with Crippen LogP contribution in [0.15, 0.2) is 0 Å². The number of carbonyl (C=O) groups excluding carboxylic acids is 2. The van der Waals surface area contributed by atoms with Gasteiger partial charge in [-0.1, -0.05) is 20.8 Å². The molecule has 0 radical (unpaired) electrons. The van der Waals surface area contributed by atoms with E-state index in [4.69, 9.17) is 0 Å². The first-order valence-corrected chi connectivity index (χ1v) is 5.78. The Morgan fingerprint density at radius 2 is 2.00 bits per heavy atom. The Bertz CT molecular complexity index is 371. The highest BCUT2D eigenvalue weighted by Gasteiger charge is 2.45. The van der Waals surface area contributed by atoms with Gasteiger partial charge < -0.3 is 14.7 Å². The summed E-state index contributed by atoms with van der Waals surface area (Å²) in [5.41, 5.74) is -0.591. The number of likely N-dealkylation sites (tertiary alicyclic amines) is 1. The van der Waals surface area contributed by atoms with Crippen LogP contribution in [-0.2, 0) is 19.1 Å². The summed E-state index contributed by atoms with van der Waals surface area (Å²) in [6.45, 7) is 5.37. The van der Waals surface area contributed by atoms with Crippen LogP contribution in [0.25, 0.3) is 0 Å². The summed E-state index contributed by atoms with van der Waals surface area (Å²) in [6.07, 6.45) is 0.0204. The minimum Gasteiger partial charge on any atom is -0.480 e. The monoisotopic (exact) mass is 257 g/mol. The summed E-state index contributed by atoms with van der Waals surface area (Å²) >= 11 is 0. The van der Waals surface area contributed by atoms with Crippen LogP contribution in [0.3, 0.4) is 0 Å². The first kappa shape index (κ1) is 14.5. The quantitative estimate of drug-likeness (QED) is 0.745. The summed E-state index contributed by atoms with van der Waals surface area (Å²) in [4.78, 5) is 35.8. The Morgan fingerprint density at radius 3 is 2.39 bits per heavy atom. The molecule has 1 fully saturated rings. The lowest BCUT2D eigenvalue weighted by atomic mass is 9.85. The number of esters is 1. The van der Waals surface area contributed by atoms with Crippen LogP contribution < -0.4 is 0 Å². The standard InChI is InChI=1S/C12H19NO5/c1-12(2,3)9(10(15)16)13-6-7(5-8(13)14)11(17)18-4/h7,9H,5-6H2,1-4H3,(H,15,16). The highest BCUT2D eigenvalue weighted by atomic mass is 16.5. The number of hydrogen-bond acceptors (Lipinski definition) is 4. The van der Waals surface area contributed by atoms with Gasteiger partial charge in [0, 0.05) is 13.0 Å². The Balaban J connectivity index is 2.92. The van der Waals surface area contributed by atoms with Crippen LogP contribution in [0.2, 0.25) is 0 Å². The lowest BCUT2D eigenvalue weighted by molar-refractivity contribution is -0.153. The van der Waals surface area contributed by atoms with Crippen molar-refractivity contribution in [1.82, 2.24) is 4.90 Å². The van der Waals surface area contributed by atoms with E-state index in [1.165, 1.54) is 12.0 Å². The predicted octanol–water partition coefficient (Wildman–Crippen LogP) is 0.507. The average Bonchev–Trinajstić information content (AvgIpc) is 2.57. The van der Waals surface area contributed by atoms with E-state index in [1.807, 2.05) is 0 Å². The number of rotatable bonds is 3. The molecule has 0 aliphatic carbocycles. The Labute approximate surface area is 106 Å². The number of amides is 1. The van der Waals surface area contributed by atoms with Crippen LogP contribution in [0.1, 0.15) is 27.2 Å². The maximum absolute atomic E-state index is 11.9. The molecule has 102 valence electrons. The van der Waals surface area contributed by atoms with E-state index in [0.717, 1.165) is 0 Å². The molecule has 1 saturated heterocycles. The molecule has 6 heteroatoms. The molecule has 6 nitrogen and oxygen atoms in total. The molecule has 1 N–H and O–H groups in total. The average molecular weight is 257 g/mol. The fourth-order valence-electron chi connectivity index (χ4n) is 2.28. The fourth-order valence-corrected chi connectivity index (χ4v) is 2.28. The third kappa shape index (κ3) is 2.80. The lowest BCUT2D eigenvalue weighted by Crippen LogP contribution is -2.50. The molecule has 0 saturated carbocycles. The number of carboxylic acids is 1. The van der Waals surface area contributed by atoms with Gasteiger partial charge in [0.25, 0.3) is 0 Å². The van der Waals surface area contributed by atoms with Crippen molar-refractivity contribution in [2.45, 2.75) is 33.2 Å². The van der Waals surface area contributed by atoms with Gasteiger partial charge in [0.2, 0.25) is 5.91 Å². The van der Waals surface area contributed by atoms with Crippen molar-refractivity contribution in [3.05, 3.63) is 0 Å². The second-order valence-electron chi connectivity index (χ2n) is 5.58. The van der Waals surface area contributed by atoms with Crippen LogP contribution in [0.4, 0.5) is 0 Å². The minimum atomic E-state index is -1.05. The zero-order valence-electron chi connectivity index (χ0n) is 11.1. The molecule has 0 aromatic rings. The summed E-state index contributed by atoms with van der Waals surface area (Å²) in [6, 6.07) is -0.931. The van der Waals surface area contributed by atoms with Crippen molar-refractivity contribution in [3.63, 3.8) is 0 Å². The smallest absolute Gasteiger partial charge is 0.326 e. The topological polar surface area (TPSA) is 83.9 Å². The van der Waals surface area contributed by atoms with Crippen molar-refractivity contribution in [1.29, 1.82) is 0 Å². The van der Waals surface area contributed by atoms with Gasteiger partial charge in [-0.2, -0.15) is 0 Å². The highest BCUT2D eigenvalue weighted by Crippen LogP contribution is 2.30. The van der Waals surface area contributed by atoms with Crippen molar-refractivity contribution in [2.24, 2.45) is 11.3 Å². The summed E-state index contributed by atoms with van der Waals surface area (Å²) < 4.78 is 4.59. The van der Waals surface area contributed by atoms with Gasteiger partial charge >= 0.3 is 11.9 Å². The molecular weight excluding hydrogens is 238 g/mol. The molecular formula is C12H19NO5. The first-order chi connectivity index (χ1) is 8.18. The maximum Gasteiger partial charge on any atom is 0.326 e. The normalized spacial score (nSPS) is 21.9. The fraction of sp³-hybridized carbons (Fsp3) is 0.750. The van der Waals surface area contributed by atoms with Crippen molar-refractivity contribution >= 4 is 17.8 Å². The molecule has 2 atom stereocenters. The van der Waals surface area contributed by atoms with E-state index in [9.17, 15) is 19.5 Å². The molecule has 0 spiro atoms. The zero-order valence-corrected chi connectivity index (χ0v) is 11.1. The zero-order chi connectivity index (χ0) is 14.1. The second-order valence-corrected chi connectivity index (χ2v) is 5.58. The van der Waals surface area contributed by atoms with Gasteiger partial charge in [-0.3, -0.25) is 9.59 Å². The van der Waals surface area contributed by atoms with Gasteiger partial charge in [-0.05, 0) is 5.41 Å². The van der Waals surface area contributed by atoms with E-state index in [2.05, 4.69) is 4.74 Å². The van der Waals surface area contributed by atoms with Gasteiger partial charge in [-0.25, -0.2) is 4.79 Å². The second kappa shape index (κ2) is 4.96.